The lowest BCUT2D eigenvalue weighted by molar-refractivity contribution is 0.0937. The van der Waals surface area contributed by atoms with Gasteiger partial charge in [0.05, 0.1) is 5.69 Å². The number of methoxy groups -OCH3 is 1. The number of fused-ring (bicyclic) bond motifs is 1. The molecule has 0 spiro atoms. The summed E-state index contributed by atoms with van der Waals surface area (Å²) in [6.45, 7) is 11.4. The van der Waals surface area contributed by atoms with Crippen LogP contribution in [0.15, 0.2) is 42.5 Å². The van der Waals surface area contributed by atoms with Gasteiger partial charge in [0.25, 0.3) is 11.8 Å². The van der Waals surface area contributed by atoms with Crippen LogP contribution >= 0.6 is 0 Å². The summed E-state index contributed by atoms with van der Waals surface area (Å²) < 4.78 is 12.3. The molecule has 2 amide bonds. The number of hydrogen-bond acceptors (Lipinski definition) is 5. The minimum atomic E-state index is -1.80. The van der Waals surface area contributed by atoms with Crippen LogP contribution in [0.4, 0.5) is 0 Å². The van der Waals surface area contributed by atoms with E-state index in [-0.39, 0.29) is 34.7 Å². The van der Waals surface area contributed by atoms with E-state index in [2.05, 4.69) is 49.5 Å². The van der Waals surface area contributed by atoms with Crippen LogP contribution in [0, 0.1) is 11.8 Å². The van der Waals surface area contributed by atoms with Gasteiger partial charge < -0.3 is 19.8 Å². The van der Waals surface area contributed by atoms with Crippen LogP contribution in [0.3, 0.4) is 0 Å². The molecule has 1 heterocycles. The Kier molecular flexibility index (Phi) is 7.42. The molecule has 7 nitrogen and oxygen atoms in total. The van der Waals surface area contributed by atoms with Gasteiger partial charge in [-0.05, 0) is 60.5 Å². The second-order valence-corrected chi connectivity index (χ2v) is 16.3. The largest absolute Gasteiger partial charge is 0.414 e. The zero-order valence-corrected chi connectivity index (χ0v) is 23.4. The number of aromatic nitrogens is 1. The van der Waals surface area contributed by atoms with Gasteiger partial charge in [-0.3, -0.25) is 9.59 Å². The Bertz CT molecular complexity index is 1100. The smallest absolute Gasteiger partial charge is 0.269 e. The number of benzene rings is 1. The summed E-state index contributed by atoms with van der Waals surface area (Å²) in [5, 5.41) is 6.01. The number of carbonyl (C=O) groups excluding carboxylic acids is 2. The fraction of sp³-hybridized carbons (Fsp3) is 0.536. The molecule has 1 aromatic carbocycles. The van der Waals surface area contributed by atoms with Crippen LogP contribution in [0.5, 0.6) is 0 Å². The molecular formula is C28H39N3O4Si. The van der Waals surface area contributed by atoms with E-state index in [1.54, 1.807) is 26.3 Å². The van der Waals surface area contributed by atoms with E-state index >= 15 is 0 Å². The van der Waals surface area contributed by atoms with Gasteiger partial charge in [-0.15, -0.1) is 0 Å². The van der Waals surface area contributed by atoms with Gasteiger partial charge in [0, 0.05) is 31.9 Å². The SMILES string of the molecule is CNC(=O)c1cc(C(=O)N[C@@H]2[C@@H]3CC(O[Si](C)(C)C(C)(C)C)C[C@@H]32)cc(C(OC)c2ccccc2)n1. The van der Waals surface area contributed by atoms with Crippen molar-refractivity contribution in [3.8, 4) is 0 Å². The van der Waals surface area contributed by atoms with Crippen molar-refractivity contribution >= 4 is 20.1 Å². The van der Waals surface area contributed by atoms with Gasteiger partial charge in [-0.25, -0.2) is 4.98 Å². The number of pyridine rings is 1. The summed E-state index contributed by atoms with van der Waals surface area (Å²) in [7, 11) is 1.35. The lowest BCUT2D eigenvalue weighted by atomic mass is 10.0. The van der Waals surface area contributed by atoms with Crippen LogP contribution in [0.25, 0.3) is 0 Å². The highest BCUT2D eigenvalue weighted by Gasteiger charge is 2.58. The maximum absolute atomic E-state index is 13.3. The Morgan fingerprint density at radius 2 is 1.69 bits per heavy atom. The quantitative estimate of drug-likeness (QED) is 0.503. The number of amides is 2. The van der Waals surface area contributed by atoms with Crippen molar-refractivity contribution in [2.24, 2.45) is 11.8 Å². The molecule has 0 bridgehead atoms. The predicted molar refractivity (Wildman–Crippen MR) is 142 cm³/mol. The molecule has 2 fully saturated rings. The van der Waals surface area contributed by atoms with Crippen molar-refractivity contribution in [2.75, 3.05) is 14.2 Å². The summed E-state index contributed by atoms with van der Waals surface area (Å²) in [5.74, 6) is 0.384. The standard InChI is InChI=1S/C28H39N3O4Si/c1-28(2,3)36(6,7)35-19-15-20-21(16-19)24(20)31-26(32)18-13-22(30-23(14-18)27(33)29-4)25(34-5)17-11-9-8-10-12-17/h8-14,19-21,24-25H,15-16H2,1-7H3,(H,29,33)(H,31,32)/t19?,20-,21+,24-,25?. The Labute approximate surface area is 215 Å². The minimum absolute atomic E-state index is 0.157. The summed E-state index contributed by atoms with van der Waals surface area (Å²) >= 11 is 0. The topological polar surface area (TPSA) is 89.6 Å². The van der Waals surface area contributed by atoms with Crippen LogP contribution in [-0.2, 0) is 9.16 Å². The Hall–Kier alpha value is -2.55. The molecule has 2 unspecified atom stereocenters. The fourth-order valence-corrected chi connectivity index (χ4v) is 6.43. The second kappa shape index (κ2) is 10.1. The average molecular weight is 510 g/mol. The zero-order chi connectivity index (χ0) is 26.3. The number of ether oxygens (including phenoxy) is 1. The molecule has 0 aliphatic heterocycles. The third-order valence-electron chi connectivity index (χ3n) is 8.14. The Balaban J connectivity index is 1.47. The van der Waals surface area contributed by atoms with Crippen molar-refractivity contribution in [2.45, 2.75) is 70.0 Å². The highest BCUT2D eigenvalue weighted by molar-refractivity contribution is 6.74. The van der Waals surface area contributed by atoms with E-state index in [9.17, 15) is 9.59 Å². The molecule has 0 saturated heterocycles. The normalized spacial score (nSPS) is 24.1. The number of rotatable bonds is 8. The van der Waals surface area contributed by atoms with Gasteiger partial charge in [-0.1, -0.05) is 51.1 Å². The molecule has 36 heavy (non-hydrogen) atoms. The second-order valence-electron chi connectivity index (χ2n) is 11.6. The summed E-state index contributed by atoms with van der Waals surface area (Å²) in [4.78, 5) is 30.3. The highest BCUT2D eigenvalue weighted by Crippen LogP contribution is 2.54. The molecule has 2 N–H and O–H groups in total. The molecule has 4 rings (SSSR count). The van der Waals surface area contributed by atoms with E-state index in [1.165, 1.54) is 0 Å². The minimum Gasteiger partial charge on any atom is -0.414 e. The zero-order valence-electron chi connectivity index (χ0n) is 22.4. The third kappa shape index (κ3) is 5.40. The first-order valence-corrected chi connectivity index (χ1v) is 15.7. The van der Waals surface area contributed by atoms with E-state index in [4.69, 9.17) is 9.16 Å². The summed E-state index contributed by atoms with van der Waals surface area (Å²) in [6.07, 6.45) is 1.78. The molecule has 2 aromatic rings. The number of nitrogens with zero attached hydrogens (tertiary/aromatic N) is 1. The Morgan fingerprint density at radius 1 is 1.06 bits per heavy atom. The average Bonchev–Trinajstić information content (AvgIpc) is 3.27. The molecule has 8 heteroatoms. The van der Waals surface area contributed by atoms with Crippen LogP contribution < -0.4 is 10.6 Å². The molecule has 2 aliphatic rings. The first kappa shape index (κ1) is 26.5. The number of hydrogen-bond donors (Lipinski definition) is 2. The predicted octanol–water partition coefficient (Wildman–Crippen LogP) is 4.71. The van der Waals surface area contributed by atoms with Crippen LogP contribution in [0.2, 0.25) is 18.1 Å². The first-order valence-electron chi connectivity index (χ1n) is 12.8. The molecule has 0 radical (unpaired) electrons. The third-order valence-corrected chi connectivity index (χ3v) is 12.7. The molecule has 5 atom stereocenters. The van der Waals surface area contributed by atoms with E-state index in [0.717, 1.165) is 18.4 Å². The highest BCUT2D eigenvalue weighted by atomic mass is 28.4. The molecule has 2 saturated carbocycles. The fourth-order valence-electron chi connectivity index (χ4n) is 5.05. The first-order chi connectivity index (χ1) is 16.9. The van der Waals surface area contributed by atoms with Crippen molar-refractivity contribution in [3.63, 3.8) is 0 Å². The van der Waals surface area contributed by atoms with E-state index in [0.29, 0.717) is 23.1 Å². The van der Waals surface area contributed by atoms with Crippen molar-refractivity contribution in [1.29, 1.82) is 0 Å². The van der Waals surface area contributed by atoms with Gasteiger partial charge >= 0.3 is 0 Å². The number of carbonyl (C=O) groups is 2. The molecular weight excluding hydrogens is 470 g/mol. The molecule has 2 aliphatic carbocycles. The lowest BCUT2D eigenvalue weighted by Gasteiger charge is -2.39. The van der Waals surface area contributed by atoms with Crippen LogP contribution in [0.1, 0.15) is 71.8 Å². The van der Waals surface area contributed by atoms with Gasteiger partial charge in [-0.2, -0.15) is 0 Å². The maximum Gasteiger partial charge on any atom is 0.269 e. The van der Waals surface area contributed by atoms with Gasteiger partial charge in [0.1, 0.15) is 11.8 Å². The van der Waals surface area contributed by atoms with Crippen molar-refractivity contribution < 1.29 is 18.8 Å². The van der Waals surface area contributed by atoms with Crippen molar-refractivity contribution in [1.82, 2.24) is 15.6 Å². The molecule has 194 valence electrons. The maximum atomic E-state index is 13.3. The van der Waals surface area contributed by atoms with Gasteiger partial charge in [0.2, 0.25) is 0 Å². The lowest BCUT2D eigenvalue weighted by Crippen LogP contribution is -2.44. The van der Waals surface area contributed by atoms with Gasteiger partial charge in [0.15, 0.2) is 8.32 Å². The Morgan fingerprint density at radius 3 is 2.25 bits per heavy atom. The summed E-state index contributed by atoms with van der Waals surface area (Å²) in [6, 6.07) is 13.1. The molecule has 1 aromatic heterocycles. The van der Waals surface area contributed by atoms with E-state index < -0.39 is 14.4 Å². The van der Waals surface area contributed by atoms with E-state index in [1.807, 2.05) is 30.3 Å². The van der Waals surface area contributed by atoms with Crippen molar-refractivity contribution in [3.05, 3.63) is 65.0 Å². The van der Waals surface area contributed by atoms with Crippen LogP contribution in [-0.4, -0.2) is 51.4 Å². The number of nitrogens with one attached hydrogen (secondary N) is 2. The monoisotopic (exact) mass is 509 g/mol. The summed E-state index contributed by atoms with van der Waals surface area (Å²) in [5.41, 5.74) is 2.03.